The average molecular weight is 564 g/mol. The Morgan fingerprint density at radius 2 is 1.26 bits per heavy atom. The smallest absolute Gasteiger partial charge is 0.161 e. The van der Waals surface area contributed by atoms with Gasteiger partial charge in [0.15, 0.2) is 11.5 Å². The molecule has 0 spiro atoms. The molecule has 2 aromatic carbocycles. The summed E-state index contributed by atoms with van der Waals surface area (Å²) in [5.74, 6) is 0.352. The summed E-state index contributed by atoms with van der Waals surface area (Å²) < 4.78 is 40.1. The fourth-order valence-electron chi connectivity index (χ4n) is 5.51. The number of benzene rings is 2. The summed E-state index contributed by atoms with van der Waals surface area (Å²) in [5, 5.41) is 0. The maximum atomic E-state index is 14.5. The van der Waals surface area contributed by atoms with Crippen molar-refractivity contribution < 1.29 is 18.3 Å². The second kappa shape index (κ2) is 18.1. The Bertz CT molecular complexity index is 993. The van der Waals surface area contributed by atoms with Gasteiger partial charge in [-0.25, -0.2) is 8.78 Å². The lowest BCUT2D eigenvalue weighted by atomic mass is 9.91. The van der Waals surface area contributed by atoms with Crippen molar-refractivity contribution in [1.82, 2.24) is 4.90 Å². The highest BCUT2D eigenvalue weighted by atomic mass is 35.5. The number of rotatable bonds is 18. The van der Waals surface area contributed by atoms with Gasteiger partial charge in [0.05, 0.1) is 20.3 Å². The van der Waals surface area contributed by atoms with Gasteiger partial charge in [0.1, 0.15) is 11.6 Å². The second-order valence-electron chi connectivity index (χ2n) is 10.6. The third-order valence-electron chi connectivity index (χ3n) is 7.78. The van der Waals surface area contributed by atoms with Crippen LogP contribution in [0.3, 0.4) is 0 Å². The Morgan fingerprint density at radius 3 is 1.79 bits per heavy atom. The maximum absolute atomic E-state index is 14.5. The van der Waals surface area contributed by atoms with E-state index in [0.717, 1.165) is 24.0 Å². The van der Waals surface area contributed by atoms with Gasteiger partial charge in [-0.15, -0.1) is 12.4 Å². The summed E-state index contributed by atoms with van der Waals surface area (Å²) in [6, 6.07) is 8.10. The van der Waals surface area contributed by atoms with Gasteiger partial charge in [-0.1, -0.05) is 96.5 Å². The van der Waals surface area contributed by atoms with Crippen LogP contribution in [-0.4, -0.2) is 19.1 Å². The molecule has 0 saturated carbocycles. The summed E-state index contributed by atoms with van der Waals surface area (Å²) >= 11 is 0. The van der Waals surface area contributed by atoms with Crippen molar-refractivity contribution in [3.8, 4) is 11.5 Å². The lowest BCUT2D eigenvalue weighted by molar-refractivity contribution is 0.242. The Kier molecular flexibility index (Phi) is 15.3. The first-order valence-corrected chi connectivity index (χ1v) is 14.7. The third kappa shape index (κ3) is 10.0. The molecule has 0 saturated heterocycles. The van der Waals surface area contributed by atoms with Crippen LogP contribution >= 0.6 is 12.4 Å². The lowest BCUT2D eigenvalue weighted by Crippen LogP contribution is -2.27. The number of hydrogen-bond donors (Lipinski definition) is 0. The lowest BCUT2D eigenvalue weighted by Gasteiger charge is -2.36. The highest BCUT2D eigenvalue weighted by molar-refractivity contribution is 5.85. The third-order valence-corrected chi connectivity index (χ3v) is 7.78. The highest BCUT2D eigenvalue weighted by Crippen LogP contribution is 2.41. The van der Waals surface area contributed by atoms with Crippen molar-refractivity contribution in [2.75, 3.05) is 14.2 Å². The van der Waals surface area contributed by atoms with Gasteiger partial charge in [-0.2, -0.15) is 0 Å². The highest BCUT2D eigenvalue weighted by Gasteiger charge is 2.27. The Morgan fingerprint density at radius 1 is 0.744 bits per heavy atom. The summed E-state index contributed by atoms with van der Waals surface area (Å²) in [6.07, 6.45) is 21.9. The van der Waals surface area contributed by atoms with Crippen molar-refractivity contribution in [1.29, 1.82) is 0 Å². The average Bonchev–Trinajstić information content (AvgIpc) is 2.93. The molecule has 0 fully saturated rings. The Balaban J connectivity index is 0.00000533. The molecule has 1 heterocycles. The van der Waals surface area contributed by atoms with E-state index in [1.165, 1.54) is 95.2 Å². The molecule has 1 aliphatic heterocycles. The summed E-state index contributed by atoms with van der Waals surface area (Å²) in [7, 11) is 3.27. The summed E-state index contributed by atoms with van der Waals surface area (Å²) in [5.41, 5.74) is 2.28. The van der Waals surface area contributed by atoms with E-state index in [1.54, 1.807) is 14.2 Å². The molecule has 0 aliphatic carbocycles. The Labute approximate surface area is 241 Å². The molecule has 218 valence electrons. The zero-order valence-corrected chi connectivity index (χ0v) is 25.0. The zero-order chi connectivity index (χ0) is 27.2. The topological polar surface area (TPSA) is 21.7 Å². The first kappa shape index (κ1) is 32.9. The predicted molar refractivity (Wildman–Crippen MR) is 161 cm³/mol. The number of nitrogens with zero attached hydrogens (tertiary/aromatic N) is 1. The molecule has 3 rings (SSSR count). The quantitative estimate of drug-likeness (QED) is 0.168. The van der Waals surface area contributed by atoms with Gasteiger partial charge >= 0.3 is 0 Å². The van der Waals surface area contributed by atoms with Gasteiger partial charge in [0, 0.05) is 18.3 Å². The molecule has 6 heteroatoms. The van der Waals surface area contributed by atoms with Crippen LogP contribution in [0.25, 0.3) is 6.08 Å². The first-order chi connectivity index (χ1) is 18.6. The molecule has 1 aliphatic rings. The van der Waals surface area contributed by atoms with E-state index in [4.69, 9.17) is 9.47 Å². The number of hydrogen-bond acceptors (Lipinski definition) is 3. The fraction of sp³-hybridized carbons (Fsp3) is 0.576. The second-order valence-corrected chi connectivity index (χ2v) is 10.6. The zero-order valence-electron chi connectivity index (χ0n) is 24.2. The number of unbranched alkanes of at least 4 members (excludes halogenated alkanes) is 12. The summed E-state index contributed by atoms with van der Waals surface area (Å²) in [6.45, 7) is 2.45. The molecule has 1 unspecified atom stereocenters. The normalized spacial score (nSPS) is 14.2. The number of halogens is 3. The molecular weight excluding hydrogens is 516 g/mol. The van der Waals surface area contributed by atoms with Crippen LogP contribution in [0.2, 0.25) is 0 Å². The molecular formula is C33H48ClF2NO2. The van der Waals surface area contributed by atoms with Crippen LogP contribution in [0.4, 0.5) is 8.78 Å². The van der Waals surface area contributed by atoms with E-state index in [-0.39, 0.29) is 30.6 Å². The fourth-order valence-corrected chi connectivity index (χ4v) is 5.51. The van der Waals surface area contributed by atoms with Gasteiger partial charge in [0.25, 0.3) is 0 Å². The van der Waals surface area contributed by atoms with Gasteiger partial charge in [0.2, 0.25) is 0 Å². The molecule has 1 atom stereocenters. The molecule has 3 nitrogen and oxygen atoms in total. The minimum absolute atomic E-state index is 0. The van der Waals surface area contributed by atoms with Crippen LogP contribution in [0.5, 0.6) is 11.5 Å². The SMILES string of the molecule is CCCCCCCCCCCCCCCC1c2cc(OC)c(OC)cc2C=CN1Cc1c(F)cccc1F.Cl. The predicted octanol–water partition coefficient (Wildman–Crippen LogP) is 10.4. The van der Waals surface area contributed by atoms with E-state index in [2.05, 4.69) is 11.8 Å². The molecule has 0 aromatic heterocycles. The van der Waals surface area contributed by atoms with Gasteiger partial charge in [-0.3, -0.25) is 0 Å². The number of ether oxygens (including phenoxy) is 2. The van der Waals surface area contributed by atoms with Gasteiger partial charge < -0.3 is 14.4 Å². The maximum Gasteiger partial charge on any atom is 0.161 e. The van der Waals surface area contributed by atoms with Crippen LogP contribution in [0.15, 0.2) is 36.5 Å². The van der Waals surface area contributed by atoms with E-state index in [0.29, 0.717) is 11.5 Å². The minimum atomic E-state index is -0.504. The van der Waals surface area contributed by atoms with Crippen LogP contribution in [0.1, 0.15) is 120 Å². The van der Waals surface area contributed by atoms with Gasteiger partial charge in [-0.05, 0) is 47.9 Å². The monoisotopic (exact) mass is 563 g/mol. The molecule has 2 aromatic rings. The van der Waals surface area contributed by atoms with E-state index in [9.17, 15) is 8.78 Å². The number of fused-ring (bicyclic) bond motifs is 1. The first-order valence-electron chi connectivity index (χ1n) is 14.7. The van der Waals surface area contributed by atoms with Crippen molar-refractivity contribution in [3.05, 3.63) is 64.9 Å². The molecule has 0 N–H and O–H groups in total. The molecule has 39 heavy (non-hydrogen) atoms. The Hall–Kier alpha value is -2.27. The van der Waals surface area contributed by atoms with Crippen molar-refractivity contribution >= 4 is 18.5 Å². The molecule has 0 bridgehead atoms. The largest absolute Gasteiger partial charge is 0.493 e. The van der Waals surface area contributed by atoms with E-state index >= 15 is 0 Å². The standard InChI is InChI=1S/C33H47F2NO2.ClH/c1-4-5-6-7-8-9-10-11-12-13-14-15-16-20-31-27-24-33(38-3)32(37-2)23-26(27)21-22-36(31)25-28-29(34)18-17-19-30(28)35;/h17-19,21-24,31H,4-16,20,25H2,1-3H3;1H. The molecule has 0 radical (unpaired) electrons. The van der Waals surface area contributed by atoms with E-state index < -0.39 is 11.6 Å². The van der Waals surface area contributed by atoms with Crippen molar-refractivity contribution in [3.63, 3.8) is 0 Å². The van der Waals surface area contributed by atoms with Crippen LogP contribution < -0.4 is 9.47 Å². The molecule has 0 amide bonds. The van der Waals surface area contributed by atoms with Crippen molar-refractivity contribution in [2.24, 2.45) is 0 Å². The van der Waals surface area contributed by atoms with Crippen LogP contribution in [-0.2, 0) is 6.54 Å². The summed E-state index contributed by atoms with van der Waals surface area (Å²) in [4.78, 5) is 2.07. The minimum Gasteiger partial charge on any atom is -0.493 e. The van der Waals surface area contributed by atoms with Crippen molar-refractivity contribution in [2.45, 2.75) is 109 Å². The van der Waals surface area contributed by atoms with E-state index in [1.807, 2.05) is 24.4 Å². The van der Waals surface area contributed by atoms with Crippen LogP contribution in [0, 0.1) is 11.6 Å². The number of methoxy groups -OCH3 is 2.